The van der Waals surface area contributed by atoms with Crippen molar-refractivity contribution in [3.63, 3.8) is 0 Å². The topological polar surface area (TPSA) is 17.8 Å². The first kappa shape index (κ1) is 2.87. The molecule has 0 unspecified atom stereocenters. The van der Waals surface area contributed by atoms with Gasteiger partial charge in [0.1, 0.15) is 0 Å². The van der Waals surface area contributed by atoms with Crippen LogP contribution in [0.25, 0.3) is 0 Å². The molecule has 0 aliphatic carbocycles. The van der Waals surface area contributed by atoms with Gasteiger partial charge in [0, 0.05) is 16.8 Å². The first-order chi connectivity index (χ1) is 4.91. The molecule has 0 atom stereocenters. The quantitative estimate of drug-likeness (QED) is 0.523. The van der Waals surface area contributed by atoms with Gasteiger partial charge in [0.25, 0.3) is 0 Å². The zero-order valence-corrected chi connectivity index (χ0v) is 5.11. The van der Waals surface area contributed by atoms with E-state index in [1.165, 1.54) is 6.07 Å². The van der Waals surface area contributed by atoms with E-state index in [0.29, 0.717) is 5.69 Å². The number of hydrogen-bond acceptors (Lipinski definition) is 1. The molecular formula is C5H7ClN2. The molecule has 0 bridgehead atoms. The lowest BCUT2D eigenvalue weighted by molar-refractivity contribution is 0.740. The Hall–Kier alpha value is -0.500. The average molecular weight is 134 g/mol. The van der Waals surface area contributed by atoms with Crippen LogP contribution in [-0.4, -0.2) is 9.78 Å². The Morgan fingerprint density at radius 2 is 2.75 bits per heavy atom. The third-order valence-corrected chi connectivity index (χ3v) is 1.04. The normalized spacial score (nSPS) is 17.0. The molecule has 0 aromatic carbocycles. The first-order valence-electron chi connectivity index (χ1n) is 3.64. The fourth-order valence-electron chi connectivity index (χ4n) is 0.437. The number of nitrogens with zero attached hydrogens (tertiary/aromatic N) is 2. The molecule has 0 saturated carbocycles. The van der Waals surface area contributed by atoms with Crippen LogP contribution in [0.5, 0.6) is 0 Å². The van der Waals surface area contributed by atoms with Gasteiger partial charge in [0.15, 0.2) is 5.15 Å². The van der Waals surface area contributed by atoms with E-state index in [9.17, 15) is 0 Å². The van der Waals surface area contributed by atoms with Crippen molar-refractivity contribution in [1.29, 1.82) is 0 Å². The van der Waals surface area contributed by atoms with Gasteiger partial charge in [-0.2, -0.15) is 5.10 Å². The molecule has 0 spiro atoms. The zero-order chi connectivity index (χ0) is 8.65. The highest BCUT2D eigenvalue weighted by atomic mass is 35.5. The van der Waals surface area contributed by atoms with E-state index in [4.69, 9.17) is 15.7 Å². The molecule has 1 rings (SSSR count). The van der Waals surface area contributed by atoms with Crippen LogP contribution in [0.2, 0.25) is 5.15 Å². The summed E-state index contributed by atoms with van der Waals surface area (Å²) in [6, 6.07) is 1.51. The van der Waals surface area contributed by atoms with Gasteiger partial charge in [-0.1, -0.05) is 11.6 Å². The average Bonchev–Trinajstić information content (AvgIpc) is 2.08. The summed E-state index contributed by atoms with van der Waals surface area (Å²) < 4.78 is 21.9. The van der Waals surface area contributed by atoms with Crippen molar-refractivity contribution < 1.29 is 4.11 Å². The van der Waals surface area contributed by atoms with Crippen molar-refractivity contribution in [2.75, 3.05) is 0 Å². The second kappa shape index (κ2) is 1.78. The van der Waals surface area contributed by atoms with Crippen LogP contribution in [0.3, 0.4) is 0 Å². The molecule has 44 valence electrons. The van der Waals surface area contributed by atoms with Gasteiger partial charge in [-0.15, -0.1) is 0 Å². The molecule has 1 aromatic rings. The lowest BCUT2D eigenvalue weighted by Gasteiger charge is -1.87. The summed E-state index contributed by atoms with van der Waals surface area (Å²) in [5.41, 5.74) is 0.537. The summed E-state index contributed by atoms with van der Waals surface area (Å²) in [7, 11) is 0. The van der Waals surface area contributed by atoms with Gasteiger partial charge < -0.3 is 0 Å². The Morgan fingerprint density at radius 1 is 2.00 bits per heavy atom. The van der Waals surface area contributed by atoms with Gasteiger partial charge in [-0.3, -0.25) is 4.68 Å². The van der Waals surface area contributed by atoms with Crippen molar-refractivity contribution in [3.8, 4) is 0 Å². The van der Waals surface area contributed by atoms with Gasteiger partial charge in [0.2, 0.25) is 0 Å². The summed E-state index contributed by atoms with van der Waals surface area (Å²) in [6.45, 7) is -0.581. The fourth-order valence-corrected chi connectivity index (χ4v) is 0.670. The van der Waals surface area contributed by atoms with E-state index < -0.39 is 6.98 Å². The monoisotopic (exact) mass is 133 g/mol. The number of hydrogen-bond donors (Lipinski definition) is 0. The minimum Gasteiger partial charge on any atom is -0.271 e. The summed E-state index contributed by atoms with van der Waals surface area (Å²) in [5, 5.41) is 3.81. The Kier molecular flexibility index (Phi) is 0.641. The molecular weight excluding hydrogens is 124 g/mol. The summed E-state index contributed by atoms with van der Waals surface area (Å²) in [6.07, 6.45) is 0. The van der Waals surface area contributed by atoms with E-state index >= 15 is 0 Å². The molecule has 0 N–H and O–H groups in total. The second-order valence-electron chi connectivity index (χ2n) is 1.52. The fraction of sp³-hybridized carbons (Fsp3) is 0.400. The zero-order valence-electron chi connectivity index (χ0n) is 7.35. The van der Waals surface area contributed by atoms with E-state index in [1.54, 1.807) is 6.92 Å². The van der Waals surface area contributed by atoms with Crippen molar-refractivity contribution in [1.82, 2.24) is 9.78 Å². The first-order valence-corrected chi connectivity index (χ1v) is 2.52. The van der Waals surface area contributed by atoms with Crippen LogP contribution in [0.4, 0.5) is 0 Å². The van der Waals surface area contributed by atoms with Crippen LogP contribution in [-0.2, 0) is 6.98 Å². The summed E-state index contributed by atoms with van der Waals surface area (Å²) in [5.74, 6) is 0. The molecule has 1 aromatic heterocycles. The maximum absolute atomic E-state index is 7.00. The van der Waals surface area contributed by atoms with Crippen LogP contribution in [0.15, 0.2) is 6.07 Å². The van der Waals surface area contributed by atoms with E-state index in [0.717, 1.165) is 4.68 Å². The van der Waals surface area contributed by atoms with Gasteiger partial charge in [0.05, 0.1) is 0 Å². The second-order valence-corrected chi connectivity index (χ2v) is 1.91. The number of rotatable bonds is 0. The Labute approximate surface area is 57.3 Å². The third-order valence-electron chi connectivity index (χ3n) is 0.858. The van der Waals surface area contributed by atoms with Crippen LogP contribution < -0.4 is 0 Å². The Bertz CT molecular complexity index is 265. The van der Waals surface area contributed by atoms with E-state index in [2.05, 4.69) is 5.10 Å². The number of aryl methyl sites for hydroxylation is 2. The van der Waals surface area contributed by atoms with Crippen molar-refractivity contribution >= 4 is 11.6 Å². The molecule has 0 saturated heterocycles. The number of aromatic nitrogens is 2. The van der Waals surface area contributed by atoms with Gasteiger partial charge >= 0.3 is 0 Å². The van der Waals surface area contributed by atoms with Crippen LogP contribution in [0.1, 0.15) is 9.81 Å². The minimum atomic E-state index is -2.22. The third kappa shape index (κ3) is 0.842. The molecule has 0 amide bonds. The molecule has 1 heterocycles. The van der Waals surface area contributed by atoms with Crippen molar-refractivity contribution in [2.24, 2.45) is 6.98 Å². The van der Waals surface area contributed by atoms with Crippen molar-refractivity contribution in [2.45, 2.75) is 6.92 Å². The molecule has 0 aliphatic rings. The molecule has 8 heavy (non-hydrogen) atoms. The highest BCUT2D eigenvalue weighted by molar-refractivity contribution is 6.29. The molecule has 3 heteroatoms. The van der Waals surface area contributed by atoms with Crippen molar-refractivity contribution in [3.05, 3.63) is 16.9 Å². The highest BCUT2D eigenvalue weighted by Gasteiger charge is 1.93. The maximum Gasteiger partial charge on any atom is 0.151 e. The predicted octanol–water partition coefficient (Wildman–Crippen LogP) is 1.38. The van der Waals surface area contributed by atoms with Crippen LogP contribution in [0, 0.1) is 6.92 Å². The summed E-state index contributed by atoms with van der Waals surface area (Å²) in [4.78, 5) is 0. The summed E-state index contributed by atoms with van der Waals surface area (Å²) >= 11 is 5.49. The Balaban J connectivity index is 3.13. The maximum atomic E-state index is 7.00. The molecule has 0 radical (unpaired) electrons. The number of halogens is 1. The SMILES string of the molecule is [2H]C([2H])([2H])n1nc(Cl)cc1C. The molecule has 0 fully saturated rings. The molecule has 2 nitrogen and oxygen atoms in total. The minimum absolute atomic E-state index is 0.207. The predicted molar refractivity (Wildman–Crippen MR) is 33.0 cm³/mol. The lowest BCUT2D eigenvalue weighted by atomic mass is 10.5. The smallest absolute Gasteiger partial charge is 0.151 e. The highest BCUT2D eigenvalue weighted by Crippen LogP contribution is 2.05. The van der Waals surface area contributed by atoms with Crippen LogP contribution >= 0.6 is 11.6 Å². The largest absolute Gasteiger partial charge is 0.271 e. The standard InChI is InChI=1S/C5H7ClN2/c1-4-3-5(6)7-8(4)2/h3H,1-2H3/i2D3. The lowest BCUT2D eigenvalue weighted by Crippen LogP contribution is -1.90. The van der Waals surface area contributed by atoms with Gasteiger partial charge in [-0.05, 0) is 13.0 Å². The van der Waals surface area contributed by atoms with Gasteiger partial charge in [-0.25, -0.2) is 0 Å². The Morgan fingerprint density at radius 3 is 3.00 bits per heavy atom. The van der Waals surface area contributed by atoms with E-state index in [-0.39, 0.29) is 5.15 Å². The molecule has 0 aliphatic heterocycles. The van der Waals surface area contributed by atoms with E-state index in [1.807, 2.05) is 0 Å².